The van der Waals surface area contributed by atoms with Crippen molar-refractivity contribution in [1.82, 2.24) is 0 Å². The number of benzene rings is 1. The molecule has 4 heteroatoms. The molecule has 2 rings (SSSR count). The van der Waals surface area contributed by atoms with Gasteiger partial charge in [0, 0.05) is 4.70 Å². The van der Waals surface area contributed by atoms with E-state index in [1.807, 2.05) is 35.7 Å². The number of ether oxygens (including phenoxy) is 1. The maximum absolute atomic E-state index is 11.5. The van der Waals surface area contributed by atoms with Crippen molar-refractivity contribution < 1.29 is 9.53 Å². The minimum absolute atomic E-state index is 0.0282. The van der Waals surface area contributed by atoms with Gasteiger partial charge in [0.25, 0.3) is 0 Å². The summed E-state index contributed by atoms with van der Waals surface area (Å²) in [5, 5.41) is 12.0. The van der Waals surface area contributed by atoms with Gasteiger partial charge in [0.15, 0.2) is 0 Å². The average molecular weight is 257 g/mol. The molecule has 0 aliphatic rings. The highest BCUT2D eigenvalue weighted by molar-refractivity contribution is 7.17. The third-order valence-corrected chi connectivity index (χ3v) is 3.41. The summed E-state index contributed by atoms with van der Waals surface area (Å²) in [6, 6.07) is 9.75. The second kappa shape index (κ2) is 5.48. The number of hydrogen-bond donors (Lipinski definition) is 0. The van der Waals surface area contributed by atoms with E-state index >= 15 is 0 Å². The molecule has 0 aliphatic carbocycles. The van der Waals surface area contributed by atoms with Crippen LogP contribution in [0.25, 0.3) is 16.2 Å². The number of rotatable bonds is 3. The Kier molecular flexibility index (Phi) is 3.75. The Balaban J connectivity index is 2.42. The van der Waals surface area contributed by atoms with Crippen LogP contribution in [0.1, 0.15) is 12.5 Å². The molecule has 1 heterocycles. The summed E-state index contributed by atoms with van der Waals surface area (Å²) in [6.07, 6.45) is 1.58. The SMILES string of the molecule is CCOC(=O)/C(C#N)=C/c1csc2ccccc12. The highest BCUT2D eigenvalue weighted by Crippen LogP contribution is 2.27. The molecule has 1 aromatic carbocycles. The van der Waals surface area contributed by atoms with Gasteiger partial charge in [-0.15, -0.1) is 11.3 Å². The van der Waals surface area contributed by atoms with Crippen LogP contribution >= 0.6 is 11.3 Å². The third kappa shape index (κ3) is 2.41. The normalized spacial score (nSPS) is 11.2. The molecule has 0 N–H and O–H groups in total. The summed E-state index contributed by atoms with van der Waals surface area (Å²) in [5.74, 6) is -0.574. The standard InChI is InChI=1S/C14H11NO2S/c1-2-17-14(16)10(8-15)7-11-9-18-13-6-4-3-5-12(11)13/h3-7,9H,2H2,1H3/b10-7+. The van der Waals surface area contributed by atoms with Gasteiger partial charge >= 0.3 is 5.97 Å². The van der Waals surface area contributed by atoms with Crippen molar-refractivity contribution in [2.45, 2.75) is 6.92 Å². The summed E-state index contributed by atoms with van der Waals surface area (Å²) in [6.45, 7) is 1.98. The fraction of sp³-hybridized carbons (Fsp3) is 0.143. The van der Waals surface area contributed by atoms with Crippen LogP contribution in [0, 0.1) is 11.3 Å². The number of nitrogens with zero attached hydrogens (tertiary/aromatic N) is 1. The van der Waals surface area contributed by atoms with E-state index in [2.05, 4.69) is 0 Å². The maximum Gasteiger partial charge on any atom is 0.348 e. The molecule has 0 spiro atoms. The lowest BCUT2D eigenvalue weighted by atomic mass is 10.1. The Hall–Kier alpha value is -2.12. The minimum Gasteiger partial charge on any atom is -0.462 e. The summed E-state index contributed by atoms with van der Waals surface area (Å²) >= 11 is 1.59. The highest BCUT2D eigenvalue weighted by Gasteiger charge is 2.11. The van der Waals surface area contributed by atoms with Crippen molar-refractivity contribution in [3.63, 3.8) is 0 Å². The van der Waals surface area contributed by atoms with Gasteiger partial charge in [0.1, 0.15) is 11.6 Å². The van der Waals surface area contributed by atoms with Crippen LogP contribution in [0.5, 0.6) is 0 Å². The van der Waals surface area contributed by atoms with E-state index in [0.29, 0.717) is 0 Å². The fourth-order valence-electron chi connectivity index (χ4n) is 1.61. The number of carbonyl (C=O) groups excluding carboxylic acids is 1. The topological polar surface area (TPSA) is 50.1 Å². The van der Waals surface area contributed by atoms with Gasteiger partial charge in [0.2, 0.25) is 0 Å². The van der Waals surface area contributed by atoms with Crippen LogP contribution in [0.3, 0.4) is 0 Å². The third-order valence-electron chi connectivity index (χ3n) is 2.43. The Labute approximate surface area is 109 Å². The van der Waals surface area contributed by atoms with Crippen LogP contribution < -0.4 is 0 Å². The molecule has 0 radical (unpaired) electrons. The molecule has 0 saturated heterocycles. The van der Waals surface area contributed by atoms with Crippen molar-refractivity contribution in [2.75, 3.05) is 6.61 Å². The first-order valence-corrected chi connectivity index (χ1v) is 6.39. The zero-order valence-corrected chi connectivity index (χ0v) is 10.7. The Morgan fingerprint density at radius 2 is 2.28 bits per heavy atom. The predicted octanol–water partition coefficient (Wildman–Crippen LogP) is 3.37. The number of esters is 1. The van der Waals surface area contributed by atoms with Crippen LogP contribution in [0.15, 0.2) is 35.2 Å². The molecule has 0 saturated carbocycles. The van der Waals surface area contributed by atoms with E-state index in [4.69, 9.17) is 10.00 Å². The molecule has 0 aliphatic heterocycles. The fourth-order valence-corrected chi connectivity index (χ4v) is 2.53. The number of carbonyl (C=O) groups is 1. The molecule has 1 aromatic heterocycles. The van der Waals surface area contributed by atoms with Crippen molar-refractivity contribution >= 4 is 33.5 Å². The van der Waals surface area contributed by atoms with Gasteiger partial charge in [-0.05, 0) is 35.4 Å². The van der Waals surface area contributed by atoms with Crippen LogP contribution in [0.4, 0.5) is 0 Å². The smallest absolute Gasteiger partial charge is 0.348 e. The first-order chi connectivity index (χ1) is 8.76. The first kappa shape index (κ1) is 12.3. The predicted molar refractivity (Wildman–Crippen MR) is 72.0 cm³/mol. The van der Waals surface area contributed by atoms with Gasteiger partial charge < -0.3 is 4.74 Å². The van der Waals surface area contributed by atoms with E-state index in [9.17, 15) is 4.79 Å². The summed E-state index contributed by atoms with van der Waals surface area (Å²) in [5.41, 5.74) is 0.903. The number of fused-ring (bicyclic) bond motifs is 1. The monoisotopic (exact) mass is 257 g/mol. The van der Waals surface area contributed by atoms with Gasteiger partial charge in [-0.25, -0.2) is 4.79 Å². The molecule has 0 atom stereocenters. The Morgan fingerprint density at radius 3 is 3.00 bits per heavy atom. The second-order valence-electron chi connectivity index (χ2n) is 3.58. The van der Waals surface area contributed by atoms with E-state index in [0.717, 1.165) is 15.6 Å². The largest absolute Gasteiger partial charge is 0.462 e. The van der Waals surface area contributed by atoms with Gasteiger partial charge in [-0.3, -0.25) is 0 Å². The molecular formula is C14H11NO2S. The lowest BCUT2D eigenvalue weighted by molar-refractivity contribution is -0.137. The van der Waals surface area contributed by atoms with Crippen molar-refractivity contribution in [3.05, 3.63) is 40.8 Å². The quantitative estimate of drug-likeness (QED) is 0.481. The number of hydrogen-bond acceptors (Lipinski definition) is 4. The highest BCUT2D eigenvalue weighted by atomic mass is 32.1. The Morgan fingerprint density at radius 1 is 1.50 bits per heavy atom. The molecule has 18 heavy (non-hydrogen) atoms. The zero-order chi connectivity index (χ0) is 13.0. The van der Waals surface area contributed by atoms with Crippen molar-refractivity contribution in [2.24, 2.45) is 0 Å². The molecule has 0 bridgehead atoms. The minimum atomic E-state index is -0.574. The number of thiophene rings is 1. The summed E-state index contributed by atoms with van der Waals surface area (Å²) < 4.78 is 5.96. The lowest BCUT2D eigenvalue weighted by Gasteiger charge is -1.99. The molecule has 0 fully saturated rings. The van der Waals surface area contributed by atoms with E-state index in [1.165, 1.54) is 0 Å². The van der Waals surface area contributed by atoms with E-state index in [-0.39, 0.29) is 12.2 Å². The Bertz CT molecular complexity index is 649. The number of nitriles is 1. The molecule has 3 nitrogen and oxygen atoms in total. The van der Waals surface area contributed by atoms with Crippen molar-refractivity contribution in [3.8, 4) is 6.07 Å². The van der Waals surface area contributed by atoms with Crippen LogP contribution in [0.2, 0.25) is 0 Å². The van der Waals surface area contributed by atoms with Crippen molar-refractivity contribution in [1.29, 1.82) is 5.26 Å². The molecule has 0 amide bonds. The van der Waals surface area contributed by atoms with E-state index < -0.39 is 5.97 Å². The van der Waals surface area contributed by atoms with Gasteiger partial charge in [0.05, 0.1) is 6.61 Å². The second-order valence-corrected chi connectivity index (χ2v) is 4.49. The average Bonchev–Trinajstić information content (AvgIpc) is 2.79. The molecule has 2 aromatic rings. The molecule has 0 unspecified atom stereocenters. The zero-order valence-electron chi connectivity index (χ0n) is 9.84. The summed E-state index contributed by atoms with van der Waals surface area (Å²) in [4.78, 5) is 11.5. The maximum atomic E-state index is 11.5. The molecular weight excluding hydrogens is 246 g/mol. The first-order valence-electron chi connectivity index (χ1n) is 5.51. The molecule has 90 valence electrons. The van der Waals surface area contributed by atoms with E-state index in [1.54, 1.807) is 24.3 Å². The van der Waals surface area contributed by atoms with Gasteiger partial charge in [-0.1, -0.05) is 18.2 Å². The lowest BCUT2D eigenvalue weighted by Crippen LogP contribution is -2.05. The van der Waals surface area contributed by atoms with Crippen LogP contribution in [-0.4, -0.2) is 12.6 Å². The van der Waals surface area contributed by atoms with Crippen LogP contribution in [-0.2, 0) is 9.53 Å². The summed E-state index contributed by atoms with van der Waals surface area (Å²) in [7, 11) is 0. The van der Waals surface area contributed by atoms with Gasteiger partial charge in [-0.2, -0.15) is 5.26 Å².